The quantitative estimate of drug-likeness (QED) is 0.0193. The fourth-order valence-electron chi connectivity index (χ4n) is 8.36. The van der Waals surface area contributed by atoms with Crippen molar-refractivity contribution in [3.63, 3.8) is 0 Å². The van der Waals surface area contributed by atoms with E-state index in [-0.39, 0.29) is 13.0 Å². The number of unbranched alkanes of at least 4 members (excludes halogenated alkanes) is 33. The summed E-state index contributed by atoms with van der Waals surface area (Å²) in [6.45, 7) is 4.32. The Hall–Kier alpha value is -0.660. The van der Waals surface area contributed by atoms with Gasteiger partial charge in [-0.3, -0.25) is 13.8 Å². The van der Waals surface area contributed by atoms with Crippen LogP contribution in [0.4, 0.5) is 0 Å². The second-order valence-corrected chi connectivity index (χ2v) is 19.8. The zero-order valence-electron chi connectivity index (χ0n) is 39.7. The molecule has 6 unspecified atom stereocenters. The largest absolute Gasteiger partial charge is 0.472 e. The summed E-state index contributed by atoms with van der Waals surface area (Å²) in [4.78, 5) is 23.2. The Bertz CT molecular complexity index is 1040. The van der Waals surface area contributed by atoms with Crippen LogP contribution in [-0.4, -0.2) is 98.9 Å². The Morgan fingerprint density at radius 3 is 1.11 bits per heavy atom. The van der Waals surface area contributed by atoms with Crippen molar-refractivity contribution in [2.45, 2.75) is 288 Å². The second-order valence-electron chi connectivity index (χ2n) is 18.4. The molecule has 0 aromatic rings. The van der Waals surface area contributed by atoms with Crippen LogP contribution in [0.5, 0.6) is 0 Å². The number of phosphoric acid groups is 1. The predicted octanol–water partition coefficient (Wildman–Crippen LogP) is 11.3. The van der Waals surface area contributed by atoms with Crippen LogP contribution < -0.4 is 0 Å². The lowest BCUT2D eigenvalue weighted by Crippen LogP contribution is -2.64. The minimum absolute atomic E-state index is 0.0674. The van der Waals surface area contributed by atoms with Gasteiger partial charge < -0.3 is 39.9 Å². The summed E-state index contributed by atoms with van der Waals surface area (Å²) in [6, 6.07) is 0. The topological polar surface area (TPSA) is 192 Å². The van der Waals surface area contributed by atoms with Gasteiger partial charge in [-0.15, -0.1) is 0 Å². The summed E-state index contributed by atoms with van der Waals surface area (Å²) in [5.41, 5.74) is 0. The van der Waals surface area contributed by atoms with E-state index in [9.17, 15) is 39.8 Å². The van der Waals surface area contributed by atoms with E-state index in [1.165, 1.54) is 180 Å². The molecule has 1 aliphatic carbocycles. The molecule has 0 aromatic carbocycles. The van der Waals surface area contributed by atoms with E-state index in [0.717, 1.165) is 38.5 Å². The minimum atomic E-state index is -5.01. The van der Waals surface area contributed by atoms with Crippen LogP contribution in [0.25, 0.3) is 0 Å². The van der Waals surface area contributed by atoms with Gasteiger partial charge in [0, 0.05) is 13.0 Å². The third-order valence-electron chi connectivity index (χ3n) is 12.5. The van der Waals surface area contributed by atoms with Gasteiger partial charge in [-0.25, -0.2) is 4.57 Å². The zero-order chi connectivity index (χ0) is 45.5. The zero-order valence-corrected chi connectivity index (χ0v) is 40.6. The molecule has 0 saturated heterocycles. The lowest BCUT2D eigenvalue weighted by atomic mass is 9.85. The van der Waals surface area contributed by atoms with E-state index in [0.29, 0.717) is 13.0 Å². The highest BCUT2D eigenvalue weighted by Crippen LogP contribution is 2.47. The van der Waals surface area contributed by atoms with Gasteiger partial charge in [0.05, 0.1) is 13.2 Å². The number of hydrogen-bond acceptors (Lipinski definition) is 11. The Morgan fingerprint density at radius 1 is 0.452 bits per heavy atom. The van der Waals surface area contributed by atoms with Crippen molar-refractivity contribution in [2.75, 3.05) is 19.8 Å². The number of phosphoric ester groups is 1. The van der Waals surface area contributed by atoms with Crippen molar-refractivity contribution in [2.24, 2.45) is 0 Å². The molecule has 62 heavy (non-hydrogen) atoms. The van der Waals surface area contributed by atoms with Crippen LogP contribution in [0.3, 0.4) is 0 Å². The number of ether oxygens (including phenoxy) is 2. The monoisotopic (exact) mass is 909 g/mol. The first-order chi connectivity index (χ1) is 30.0. The van der Waals surface area contributed by atoms with Crippen molar-refractivity contribution >= 4 is 13.8 Å². The third-order valence-corrected chi connectivity index (χ3v) is 13.5. The van der Waals surface area contributed by atoms with Crippen molar-refractivity contribution in [3.05, 3.63) is 0 Å². The van der Waals surface area contributed by atoms with Crippen LogP contribution in [0, 0.1) is 0 Å². The highest BCUT2D eigenvalue weighted by atomic mass is 31.2. The van der Waals surface area contributed by atoms with Gasteiger partial charge in [-0.05, 0) is 12.8 Å². The van der Waals surface area contributed by atoms with Crippen LogP contribution in [0.2, 0.25) is 0 Å². The molecule has 0 aromatic heterocycles. The molecule has 1 rings (SSSR count). The molecule has 1 saturated carbocycles. The standard InChI is InChI=1S/C49H97O12P/c1-3-5-7-9-11-13-15-17-19-21-22-23-25-27-29-31-33-35-37-39-58-40-42(41-59-62(56,57)61-49-47(54)45(52)44(51)46(53)48(49)55)60-43(50)38-36-34-32-30-28-26-24-20-18-16-14-12-10-8-6-4-2/h42,44-49,51-55H,3-41H2,1-2H3,(H,56,57). The number of carbonyl (C=O) groups is 1. The van der Waals surface area contributed by atoms with Crippen LogP contribution >= 0.6 is 7.82 Å². The summed E-state index contributed by atoms with van der Waals surface area (Å²) in [5.74, 6) is -0.469. The predicted molar refractivity (Wildman–Crippen MR) is 249 cm³/mol. The van der Waals surface area contributed by atoms with E-state index in [1.54, 1.807) is 0 Å². The number of esters is 1. The van der Waals surface area contributed by atoms with E-state index in [2.05, 4.69) is 13.8 Å². The second kappa shape index (κ2) is 40.6. The maximum atomic E-state index is 12.8. The maximum Gasteiger partial charge on any atom is 0.472 e. The average Bonchev–Trinajstić information content (AvgIpc) is 3.26. The van der Waals surface area contributed by atoms with Crippen LogP contribution in [0.1, 0.15) is 245 Å². The molecular weight excluding hydrogens is 812 g/mol. The number of aliphatic hydroxyl groups is 5. The van der Waals surface area contributed by atoms with Crippen molar-refractivity contribution in [3.8, 4) is 0 Å². The molecular formula is C49H97O12P. The smallest absolute Gasteiger partial charge is 0.457 e. The molecule has 0 radical (unpaired) electrons. The first-order valence-electron chi connectivity index (χ1n) is 25.9. The van der Waals surface area contributed by atoms with Gasteiger partial charge in [0.1, 0.15) is 42.7 Å². The number of carbonyl (C=O) groups excluding carboxylic acids is 1. The van der Waals surface area contributed by atoms with E-state index < -0.39 is 63.1 Å². The Kier molecular flexibility index (Phi) is 38.9. The summed E-state index contributed by atoms with van der Waals surface area (Å²) in [5, 5.41) is 50.3. The Labute approximate surface area is 378 Å². The van der Waals surface area contributed by atoms with Gasteiger partial charge in [0.25, 0.3) is 0 Å². The molecule has 370 valence electrons. The Morgan fingerprint density at radius 2 is 0.758 bits per heavy atom. The summed E-state index contributed by atoms with van der Waals surface area (Å²) >= 11 is 0. The molecule has 6 N–H and O–H groups in total. The Balaban J connectivity index is 2.32. The molecule has 1 aliphatic rings. The molecule has 1 fully saturated rings. The molecule has 0 aliphatic heterocycles. The molecule has 0 amide bonds. The first-order valence-corrected chi connectivity index (χ1v) is 27.4. The molecule has 0 spiro atoms. The fourth-order valence-corrected chi connectivity index (χ4v) is 9.33. The molecule has 13 heteroatoms. The third kappa shape index (κ3) is 32.1. The number of rotatable bonds is 45. The molecule has 6 atom stereocenters. The van der Waals surface area contributed by atoms with Gasteiger partial charge in [-0.1, -0.05) is 226 Å². The van der Waals surface area contributed by atoms with E-state index in [4.69, 9.17) is 18.5 Å². The lowest BCUT2D eigenvalue weighted by Gasteiger charge is -2.41. The highest BCUT2D eigenvalue weighted by Gasteiger charge is 2.51. The number of hydrogen-bond donors (Lipinski definition) is 6. The van der Waals surface area contributed by atoms with E-state index in [1.807, 2.05) is 0 Å². The van der Waals surface area contributed by atoms with Crippen molar-refractivity contribution in [1.29, 1.82) is 0 Å². The maximum absolute atomic E-state index is 12.8. The lowest BCUT2D eigenvalue weighted by molar-refractivity contribution is -0.220. The van der Waals surface area contributed by atoms with Crippen LogP contribution in [-0.2, 0) is 27.9 Å². The summed E-state index contributed by atoms with van der Waals surface area (Å²) in [7, 11) is -5.01. The van der Waals surface area contributed by atoms with E-state index >= 15 is 0 Å². The highest BCUT2D eigenvalue weighted by molar-refractivity contribution is 7.47. The van der Waals surface area contributed by atoms with Gasteiger partial charge in [0.15, 0.2) is 0 Å². The summed E-state index contributed by atoms with van der Waals surface area (Å²) < 4.78 is 34.3. The van der Waals surface area contributed by atoms with Crippen molar-refractivity contribution < 1.29 is 58.3 Å². The molecule has 0 heterocycles. The number of aliphatic hydroxyl groups excluding tert-OH is 5. The fraction of sp³-hybridized carbons (Fsp3) is 0.980. The molecule has 12 nitrogen and oxygen atoms in total. The normalized spacial score (nSPS) is 21.9. The summed E-state index contributed by atoms with van der Waals surface area (Å²) in [6.07, 6.45) is 31.7. The SMILES string of the molecule is CCCCCCCCCCCCCCCCCCCCCOCC(COP(=O)(O)OC1C(O)C(O)C(O)C(O)C1O)OC(=O)CCCCCCCCCCCCCCCCCC. The van der Waals surface area contributed by atoms with Gasteiger partial charge in [-0.2, -0.15) is 0 Å². The average molecular weight is 909 g/mol. The van der Waals surface area contributed by atoms with Crippen molar-refractivity contribution in [1.82, 2.24) is 0 Å². The first kappa shape index (κ1) is 59.4. The van der Waals surface area contributed by atoms with Gasteiger partial charge >= 0.3 is 13.8 Å². The van der Waals surface area contributed by atoms with Gasteiger partial charge in [0.2, 0.25) is 0 Å². The minimum Gasteiger partial charge on any atom is -0.457 e. The molecule has 0 bridgehead atoms. The van der Waals surface area contributed by atoms with Crippen LogP contribution in [0.15, 0.2) is 0 Å².